The first-order valence-corrected chi connectivity index (χ1v) is 5.03. The number of aromatic nitrogens is 1. The van der Waals surface area contributed by atoms with E-state index in [9.17, 15) is 28.1 Å². The topological polar surface area (TPSA) is 103 Å². The molecule has 0 spiro atoms. The summed E-state index contributed by atoms with van der Waals surface area (Å²) in [4.78, 5) is 23.4. The Hall–Kier alpha value is -1.66. The first-order valence-electron chi connectivity index (χ1n) is 3.95. The van der Waals surface area contributed by atoms with Crippen LogP contribution in [0.5, 0.6) is 5.75 Å². The van der Waals surface area contributed by atoms with Crippen molar-refractivity contribution < 1.29 is 32.7 Å². The molecule has 7 nitrogen and oxygen atoms in total. The smallest absolute Gasteiger partial charge is 0.477 e. The van der Waals surface area contributed by atoms with E-state index in [1.165, 1.54) is 22.6 Å². The highest BCUT2D eigenvalue weighted by Gasteiger charge is 2.38. The lowest BCUT2D eigenvalue weighted by Gasteiger charge is -2.11. The molecule has 0 unspecified atom stereocenters. The van der Waals surface area contributed by atoms with Gasteiger partial charge in [-0.1, -0.05) is 0 Å². The molecule has 0 radical (unpaired) electrons. The van der Waals surface area contributed by atoms with Gasteiger partial charge < -0.3 is 9.84 Å². The quantitative estimate of drug-likeness (QED) is 0.375. The number of carboxylic acid groups (broad SMARTS) is 1. The molecule has 1 N–H and O–H groups in total. The van der Waals surface area contributed by atoms with Crippen LogP contribution in [0.4, 0.5) is 18.9 Å². The summed E-state index contributed by atoms with van der Waals surface area (Å²) in [6, 6.07) is 0. The van der Waals surface area contributed by atoms with Crippen LogP contribution in [-0.4, -0.2) is 27.3 Å². The van der Waals surface area contributed by atoms with Crippen molar-refractivity contribution in [3.05, 3.63) is 25.6 Å². The molecule has 18 heavy (non-hydrogen) atoms. The van der Waals surface area contributed by atoms with Crippen LogP contribution in [0.25, 0.3) is 0 Å². The summed E-state index contributed by atoms with van der Waals surface area (Å²) in [6.45, 7) is 0. The number of carboxylic acids is 1. The van der Waals surface area contributed by atoms with Gasteiger partial charge in [0, 0.05) is 0 Å². The maximum absolute atomic E-state index is 12.1. The Morgan fingerprint density at radius 2 is 2.11 bits per heavy atom. The predicted molar refractivity (Wildman–Crippen MR) is 57.3 cm³/mol. The van der Waals surface area contributed by atoms with Crippen LogP contribution >= 0.6 is 22.6 Å². The summed E-state index contributed by atoms with van der Waals surface area (Å²) in [5.41, 5.74) is -2.19. The molecule has 1 heterocycles. The normalized spacial score (nSPS) is 11.1. The number of nitro groups is 1. The molecule has 98 valence electrons. The largest absolute Gasteiger partial charge is 0.573 e. The van der Waals surface area contributed by atoms with Crippen molar-refractivity contribution in [1.29, 1.82) is 0 Å². The summed E-state index contributed by atoms with van der Waals surface area (Å²) in [6.07, 6.45) is -4.76. The minimum atomic E-state index is -5.25. The zero-order valence-corrected chi connectivity index (χ0v) is 10.2. The molecule has 0 aromatic carbocycles. The van der Waals surface area contributed by atoms with E-state index in [-0.39, 0.29) is 3.70 Å². The van der Waals surface area contributed by atoms with Crippen molar-refractivity contribution in [2.45, 2.75) is 6.36 Å². The van der Waals surface area contributed by atoms with E-state index in [4.69, 9.17) is 5.11 Å². The van der Waals surface area contributed by atoms with E-state index in [1.54, 1.807) is 0 Å². The number of halogens is 4. The van der Waals surface area contributed by atoms with Crippen molar-refractivity contribution >= 4 is 34.2 Å². The third-order valence-electron chi connectivity index (χ3n) is 1.59. The van der Waals surface area contributed by atoms with Gasteiger partial charge in [-0.3, -0.25) is 10.1 Å². The fraction of sp³-hybridized carbons (Fsp3) is 0.143. The number of rotatable bonds is 3. The number of carbonyl (C=O) groups is 1. The van der Waals surface area contributed by atoms with Crippen LogP contribution in [-0.2, 0) is 0 Å². The molecule has 0 saturated heterocycles. The highest BCUT2D eigenvalue weighted by atomic mass is 127. The molecule has 0 atom stereocenters. The second-order valence-corrected chi connectivity index (χ2v) is 3.77. The third kappa shape index (κ3) is 3.18. The molecule has 0 bridgehead atoms. The highest BCUT2D eigenvalue weighted by molar-refractivity contribution is 14.1. The number of hydrogen-bond donors (Lipinski definition) is 1. The Bertz CT molecular complexity index is 519. The zero-order chi connectivity index (χ0) is 14.1. The molecule has 0 fully saturated rings. The molecule has 0 amide bonds. The van der Waals surface area contributed by atoms with E-state index in [1.807, 2.05) is 0 Å². The van der Waals surface area contributed by atoms with Crippen LogP contribution in [0, 0.1) is 13.8 Å². The molecule has 1 aromatic heterocycles. The molecule has 0 saturated carbocycles. The minimum absolute atomic E-state index is 0.357. The summed E-state index contributed by atoms with van der Waals surface area (Å²) in [5.74, 6) is -3.20. The van der Waals surface area contributed by atoms with E-state index in [0.717, 1.165) is 0 Å². The predicted octanol–water partition coefficient (Wildman–Crippen LogP) is 2.19. The molecule has 1 aromatic rings. The summed E-state index contributed by atoms with van der Waals surface area (Å²) < 4.78 is 39.3. The van der Waals surface area contributed by atoms with Crippen LogP contribution < -0.4 is 4.74 Å². The first kappa shape index (κ1) is 14.4. The van der Waals surface area contributed by atoms with Gasteiger partial charge in [-0.05, 0) is 22.6 Å². The average Bonchev–Trinajstić information content (AvgIpc) is 2.13. The number of ether oxygens (including phenoxy) is 1. The van der Waals surface area contributed by atoms with Crippen molar-refractivity contribution in [3.63, 3.8) is 0 Å². The fourth-order valence-electron chi connectivity index (χ4n) is 0.997. The Balaban J connectivity index is 3.53. The summed E-state index contributed by atoms with van der Waals surface area (Å²) >= 11 is 1.33. The van der Waals surface area contributed by atoms with Crippen molar-refractivity contribution in [2.24, 2.45) is 0 Å². The van der Waals surface area contributed by atoms with Gasteiger partial charge in [-0.2, -0.15) is 0 Å². The van der Waals surface area contributed by atoms with Gasteiger partial charge in [0.15, 0.2) is 0 Å². The SMILES string of the molecule is O=C(O)c1c(I)ncc([N+](=O)[O-])c1OC(F)(F)F. The summed E-state index contributed by atoms with van der Waals surface area (Å²) in [5, 5.41) is 19.3. The van der Waals surface area contributed by atoms with Crippen LogP contribution in [0.1, 0.15) is 10.4 Å². The number of alkyl halides is 3. The number of nitrogens with zero attached hydrogens (tertiary/aromatic N) is 2. The molecule has 0 aliphatic heterocycles. The Morgan fingerprint density at radius 1 is 1.56 bits per heavy atom. The van der Waals surface area contributed by atoms with Gasteiger partial charge in [0.2, 0.25) is 5.75 Å². The molecule has 11 heteroatoms. The van der Waals surface area contributed by atoms with Gasteiger partial charge in [0.25, 0.3) is 0 Å². The van der Waals surface area contributed by atoms with Gasteiger partial charge in [0.1, 0.15) is 15.5 Å². The monoisotopic (exact) mass is 378 g/mol. The highest BCUT2D eigenvalue weighted by Crippen LogP contribution is 2.36. The number of pyridine rings is 1. The maximum Gasteiger partial charge on any atom is 0.573 e. The van der Waals surface area contributed by atoms with Crippen LogP contribution in [0.2, 0.25) is 0 Å². The number of aromatic carboxylic acids is 1. The molecule has 1 rings (SSSR count). The number of hydrogen-bond acceptors (Lipinski definition) is 5. The van der Waals surface area contributed by atoms with E-state index in [0.29, 0.717) is 6.20 Å². The van der Waals surface area contributed by atoms with Crippen molar-refractivity contribution in [3.8, 4) is 5.75 Å². The Morgan fingerprint density at radius 3 is 2.50 bits per heavy atom. The lowest BCUT2D eigenvalue weighted by atomic mass is 10.2. The van der Waals surface area contributed by atoms with Gasteiger partial charge in [0.05, 0.1) is 4.92 Å². The molecular formula is C7H2F3IN2O5. The van der Waals surface area contributed by atoms with E-state index < -0.39 is 34.3 Å². The molecule has 0 aliphatic rings. The average molecular weight is 378 g/mol. The van der Waals surface area contributed by atoms with Gasteiger partial charge in [-0.15, -0.1) is 13.2 Å². The maximum atomic E-state index is 12.1. The first-order chi connectivity index (χ1) is 8.13. The van der Waals surface area contributed by atoms with Gasteiger partial charge in [-0.25, -0.2) is 9.78 Å². The van der Waals surface area contributed by atoms with Crippen molar-refractivity contribution in [2.75, 3.05) is 0 Å². The van der Waals surface area contributed by atoms with Crippen LogP contribution in [0.3, 0.4) is 0 Å². The molecular weight excluding hydrogens is 376 g/mol. The molecule has 0 aliphatic carbocycles. The van der Waals surface area contributed by atoms with Crippen LogP contribution in [0.15, 0.2) is 6.20 Å². The third-order valence-corrected chi connectivity index (χ3v) is 2.41. The van der Waals surface area contributed by atoms with E-state index in [2.05, 4.69) is 9.72 Å². The van der Waals surface area contributed by atoms with E-state index >= 15 is 0 Å². The Kier molecular flexibility index (Phi) is 3.93. The Labute approximate surface area is 110 Å². The second-order valence-electron chi connectivity index (χ2n) is 2.75. The van der Waals surface area contributed by atoms with Crippen molar-refractivity contribution in [1.82, 2.24) is 4.98 Å². The summed E-state index contributed by atoms with van der Waals surface area (Å²) in [7, 11) is 0. The standard InChI is InChI=1S/C7H2F3IN2O5/c8-7(9,10)18-4-2(13(16)17)1-12-5(11)3(4)6(14)15/h1H,(H,14,15). The zero-order valence-electron chi connectivity index (χ0n) is 8.06. The second kappa shape index (κ2) is 4.91. The lowest BCUT2D eigenvalue weighted by molar-refractivity contribution is -0.389. The fourth-order valence-corrected chi connectivity index (χ4v) is 1.61. The van der Waals surface area contributed by atoms with Gasteiger partial charge >= 0.3 is 18.0 Å². The minimum Gasteiger partial charge on any atom is -0.477 e. The lowest BCUT2D eigenvalue weighted by Crippen LogP contribution is -2.21.